The summed E-state index contributed by atoms with van der Waals surface area (Å²) < 4.78 is 0. The van der Waals surface area contributed by atoms with E-state index in [2.05, 4.69) is 44.7 Å². The van der Waals surface area contributed by atoms with E-state index in [0.29, 0.717) is 5.82 Å². The molecule has 0 aliphatic rings. The van der Waals surface area contributed by atoms with Gasteiger partial charge in [0.2, 0.25) is 0 Å². The summed E-state index contributed by atoms with van der Waals surface area (Å²) in [5.41, 5.74) is 5.67. The second-order valence-corrected chi connectivity index (χ2v) is 6.35. The Kier molecular flexibility index (Phi) is 19.0. The Morgan fingerprint density at radius 2 is 1.03 bits per heavy atom. The van der Waals surface area contributed by atoms with E-state index in [1.54, 1.807) is 30.9 Å². The second-order valence-electron chi connectivity index (χ2n) is 6.35. The van der Waals surface area contributed by atoms with Crippen molar-refractivity contribution in [3.8, 4) is 22.8 Å². The zero-order valence-corrected chi connectivity index (χ0v) is 21.9. The summed E-state index contributed by atoms with van der Waals surface area (Å²) in [4.78, 5) is 20.4. The molecule has 8 heteroatoms. The largest absolute Gasteiger partial charge is 1.00 e. The van der Waals surface area contributed by atoms with Crippen molar-refractivity contribution in [2.24, 2.45) is 4.99 Å². The van der Waals surface area contributed by atoms with E-state index in [-0.39, 0.29) is 19.5 Å². The van der Waals surface area contributed by atoms with Crippen molar-refractivity contribution in [1.82, 2.24) is 25.4 Å². The van der Waals surface area contributed by atoms with Crippen LogP contribution in [0.3, 0.4) is 0 Å². The predicted molar refractivity (Wildman–Crippen MR) is 146 cm³/mol. The van der Waals surface area contributed by atoms with E-state index in [4.69, 9.17) is 5.84 Å². The van der Waals surface area contributed by atoms with Crippen molar-refractivity contribution in [3.05, 3.63) is 141 Å². The minimum absolute atomic E-state index is 0. The maximum absolute atomic E-state index is 6.49. The molecule has 36 heavy (non-hydrogen) atoms. The van der Waals surface area contributed by atoms with Gasteiger partial charge in [0.15, 0.2) is 0 Å². The summed E-state index contributed by atoms with van der Waals surface area (Å²) in [6, 6.07) is 23.2. The average molecular weight is 566 g/mol. The molecule has 1 radical (unpaired) electrons. The van der Waals surface area contributed by atoms with Gasteiger partial charge < -0.3 is 11.3 Å². The van der Waals surface area contributed by atoms with Gasteiger partial charge in [0.05, 0.1) is 22.8 Å². The molecule has 0 saturated heterocycles. The minimum Gasteiger partial charge on any atom is -0.585 e. The van der Waals surface area contributed by atoms with Crippen molar-refractivity contribution < 1.29 is 19.5 Å². The SMILES string of the molecule is C=C/C=N\C(=C)N[NH-].C=CC.[Ru+].c1ccc(-c2ccccn2)nc1.c1ccc(-c2ccccn2)nc1. The number of aliphatic imine (C=N–C) groups is 1. The second kappa shape index (κ2) is 21.4. The molecule has 185 valence electrons. The summed E-state index contributed by atoms with van der Waals surface area (Å²) in [5.74, 6) is 6.80. The van der Waals surface area contributed by atoms with Gasteiger partial charge in [-0.05, 0) is 55.5 Å². The van der Waals surface area contributed by atoms with E-state index < -0.39 is 0 Å². The van der Waals surface area contributed by atoms with E-state index in [1.165, 1.54) is 12.3 Å². The summed E-state index contributed by atoms with van der Waals surface area (Å²) in [6.45, 7) is 12.0. The topological polar surface area (TPSA) is 99.8 Å². The smallest absolute Gasteiger partial charge is 0.585 e. The van der Waals surface area contributed by atoms with Gasteiger partial charge >= 0.3 is 19.5 Å². The Balaban J connectivity index is 0.000000488. The third-order valence-corrected chi connectivity index (χ3v) is 3.66. The Morgan fingerprint density at radius 3 is 1.22 bits per heavy atom. The van der Waals surface area contributed by atoms with Crippen LogP contribution in [0.4, 0.5) is 0 Å². The van der Waals surface area contributed by atoms with E-state index in [1.807, 2.05) is 85.1 Å². The van der Waals surface area contributed by atoms with Crippen molar-refractivity contribution in [1.29, 1.82) is 0 Å². The molecule has 4 aromatic rings. The van der Waals surface area contributed by atoms with Crippen LogP contribution in [-0.2, 0) is 19.5 Å². The Bertz CT molecular complexity index is 972. The van der Waals surface area contributed by atoms with Crippen molar-refractivity contribution >= 4 is 6.21 Å². The van der Waals surface area contributed by atoms with E-state index >= 15 is 0 Å². The van der Waals surface area contributed by atoms with Crippen LogP contribution in [0.1, 0.15) is 6.92 Å². The average Bonchev–Trinajstić information content (AvgIpc) is 2.95. The molecule has 2 N–H and O–H groups in total. The van der Waals surface area contributed by atoms with Gasteiger partial charge in [0, 0.05) is 31.0 Å². The van der Waals surface area contributed by atoms with Crippen molar-refractivity contribution in [2.45, 2.75) is 6.92 Å². The standard InChI is InChI=1S/2C10H8N2.C5H8N3.C3H6.Ru/c2*1-3-7-11-9(5-1)10-6-2-4-8-12-10;1-3-4-7-5(2)8-6;1-3-2;/h2*1-8H;3-4,6,8H,1-2H2;3H,1H2,2H3;/q;;-1;;+1/b;;7-4-;;. The van der Waals surface area contributed by atoms with Gasteiger partial charge in [-0.1, -0.05) is 49.6 Å². The number of pyridine rings is 4. The molecular formula is C28H30N7Ru. The van der Waals surface area contributed by atoms with Gasteiger partial charge in [-0.25, -0.2) is 4.99 Å². The Hall–Kier alpha value is -4.13. The van der Waals surface area contributed by atoms with Gasteiger partial charge in [0.1, 0.15) is 5.82 Å². The number of hydrogen-bond donors (Lipinski definition) is 1. The predicted octanol–water partition coefficient (Wildman–Crippen LogP) is 6.75. The van der Waals surface area contributed by atoms with Crippen molar-refractivity contribution in [3.63, 3.8) is 0 Å². The van der Waals surface area contributed by atoms with E-state index in [0.717, 1.165) is 22.8 Å². The molecule has 0 atom stereocenters. The first-order valence-electron chi connectivity index (χ1n) is 10.6. The zero-order chi connectivity index (χ0) is 25.6. The van der Waals surface area contributed by atoms with Crippen LogP contribution in [0.15, 0.2) is 140 Å². The first kappa shape index (κ1) is 31.9. The Morgan fingerprint density at radius 1 is 0.722 bits per heavy atom. The van der Waals surface area contributed by atoms with Crippen LogP contribution in [0.25, 0.3) is 28.6 Å². The molecule has 0 unspecified atom stereocenters. The normalized spacial score (nSPS) is 8.83. The van der Waals surface area contributed by atoms with Crippen LogP contribution >= 0.6 is 0 Å². The number of hydrogen-bond acceptors (Lipinski definition) is 6. The molecule has 4 rings (SSSR count). The fraction of sp³-hybridized carbons (Fsp3) is 0.0357. The van der Waals surface area contributed by atoms with Crippen LogP contribution in [0, 0.1) is 0 Å². The molecule has 0 aliphatic carbocycles. The fourth-order valence-corrected chi connectivity index (χ4v) is 2.23. The number of nitrogens with zero attached hydrogens (tertiary/aromatic N) is 5. The quantitative estimate of drug-likeness (QED) is 0.125. The Labute approximate surface area is 226 Å². The molecule has 0 amide bonds. The van der Waals surface area contributed by atoms with Crippen molar-refractivity contribution in [2.75, 3.05) is 0 Å². The summed E-state index contributed by atoms with van der Waals surface area (Å²) in [6.07, 6.45) is 11.8. The first-order chi connectivity index (χ1) is 17.2. The minimum atomic E-state index is 0. The number of aromatic nitrogens is 4. The molecule has 4 aromatic heterocycles. The fourth-order valence-electron chi connectivity index (χ4n) is 2.23. The molecule has 0 aliphatic heterocycles. The number of allylic oxidation sites excluding steroid dienone is 2. The van der Waals surface area contributed by atoms with Crippen LogP contribution in [0.5, 0.6) is 0 Å². The first-order valence-corrected chi connectivity index (χ1v) is 10.6. The van der Waals surface area contributed by atoms with Crippen LogP contribution < -0.4 is 5.43 Å². The van der Waals surface area contributed by atoms with E-state index in [9.17, 15) is 0 Å². The molecule has 0 aromatic carbocycles. The van der Waals surface area contributed by atoms with Gasteiger partial charge in [-0.2, -0.15) is 0 Å². The zero-order valence-electron chi connectivity index (χ0n) is 20.2. The monoisotopic (exact) mass is 566 g/mol. The molecule has 0 spiro atoms. The van der Waals surface area contributed by atoms with Gasteiger partial charge in [-0.3, -0.25) is 19.9 Å². The summed E-state index contributed by atoms with van der Waals surface area (Å²) >= 11 is 0. The molecule has 0 bridgehead atoms. The maximum atomic E-state index is 6.49. The van der Waals surface area contributed by atoms with Gasteiger partial charge in [-0.15, -0.1) is 6.58 Å². The maximum Gasteiger partial charge on any atom is 1.00 e. The number of nitrogens with one attached hydrogen (secondary N) is 2. The molecule has 0 saturated carbocycles. The molecule has 7 nitrogen and oxygen atoms in total. The third kappa shape index (κ3) is 14.2. The van der Waals surface area contributed by atoms with Crippen LogP contribution in [0.2, 0.25) is 0 Å². The summed E-state index contributed by atoms with van der Waals surface area (Å²) in [5, 5.41) is 0. The molecule has 0 fully saturated rings. The third-order valence-electron chi connectivity index (χ3n) is 3.66. The molecule has 4 heterocycles. The van der Waals surface area contributed by atoms with Crippen LogP contribution in [-0.4, -0.2) is 26.2 Å². The number of rotatable bonds is 5. The summed E-state index contributed by atoms with van der Waals surface area (Å²) in [7, 11) is 0. The molecular weight excluding hydrogens is 535 g/mol. The van der Waals surface area contributed by atoms with Gasteiger partial charge in [0.25, 0.3) is 0 Å².